The number of carbonyl (C=O) groups is 3. The molecule has 83 heavy (non-hydrogen) atoms. The number of benzene rings is 1. The molecule has 0 amide bonds. The number of aliphatic hydroxyl groups is 8. The number of carbonyl (C=O) groups excluding carboxylic acids is 3. The van der Waals surface area contributed by atoms with Gasteiger partial charge in [-0.05, 0) is 65.5 Å². The summed E-state index contributed by atoms with van der Waals surface area (Å²) in [5.41, 5.74) is 0.668. The average molecular weight is 1190 g/mol. The fourth-order valence-corrected chi connectivity index (χ4v) is 11.3. The summed E-state index contributed by atoms with van der Waals surface area (Å²) in [4.78, 5) is 40.3. The van der Waals surface area contributed by atoms with Crippen LogP contribution in [0, 0.1) is 5.92 Å². The van der Waals surface area contributed by atoms with Crippen LogP contribution in [-0.2, 0) is 76.0 Å². The number of rotatable bonds is 15. The van der Waals surface area contributed by atoms with Crippen molar-refractivity contribution in [1.82, 2.24) is 0 Å². The highest BCUT2D eigenvalue weighted by molar-refractivity contribution is 5.87. The number of fused-ring (bicyclic) bond motifs is 3. The van der Waals surface area contributed by atoms with Gasteiger partial charge in [0.25, 0.3) is 0 Å². The zero-order valence-corrected chi connectivity index (χ0v) is 48.9. The standard InChI is InChI=1S/C59H92O24/c1-9-10-17-24-36-25-20-14-12-11-13-15-21-26-37(60)77-51-45(68)58(83-53-42(65)40(63)31(5)72-59(53)76-36)75-33(7)48(51)80-57-46(69)52(82-55-43(66)41(64)39(62)30(4)71-55)49(34(8)74-57)81-56-44(67)50(47(32(6)73-56)79-54(70)29(2)3)78-38(61)28-27-35-22-18-16-19-23-35/h16,18-19,22-23,27-34,36,39-53,55-59,62-69H,9-15,17,20-21,24-26H2,1-8H3/b28-27+/t30-,31+,32-,33-,34-,36-,39-,40-,41+,42-,43+,44+,45+,46+,47-,48-,49-,50-,51-,52?,53+,55-,56-,57-,58-,59-/m0/s1. The molecule has 24 nitrogen and oxygen atoms in total. The molecular formula is C59H92O24. The minimum atomic E-state index is -1.99. The van der Waals surface area contributed by atoms with Gasteiger partial charge in [0, 0.05) is 12.5 Å². The van der Waals surface area contributed by atoms with Crippen molar-refractivity contribution in [1.29, 1.82) is 0 Å². The molecule has 472 valence electrons. The summed E-state index contributed by atoms with van der Waals surface area (Å²) in [6.07, 6.45) is -25.9. The van der Waals surface area contributed by atoms with E-state index in [0.29, 0.717) is 18.4 Å². The lowest BCUT2D eigenvalue weighted by molar-refractivity contribution is -0.399. The molecule has 6 aliphatic rings. The summed E-state index contributed by atoms with van der Waals surface area (Å²) in [6, 6.07) is 8.85. The second-order valence-corrected chi connectivity index (χ2v) is 23.3. The smallest absolute Gasteiger partial charge is 0.331 e. The molecule has 0 saturated carbocycles. The molecule has 1 unspecified atom stereocenters. The minimum Gasteiger partial charge on any atom is -0.456 e. The number of ether oxygens (including phenoxy) is 13. The predicted molar refractivity (Wildman–Crippen MR) is 290 cm³/mol. The molecule has 6 aliphatic heterocycles. The first-order chi connectivity index (χ1) is 39.6. The highest BCUT2D eigenvalue weighted by Gasteiger charge is 2.58. The van der Waals surface area contributed by atoms with E-state index in [1.165, 1.54) is 33.8 Å². The van der Waals surface area contributed by atoms with Crippen molar-refractivity contribution in [2.24, 2.45) is 5.92 Å². The predicted octanol–water partition coefficient (Wildman–Crippen LogP) is 2.73. The third-order valence-corrected chi connectivity index (χ3v) is 16.3. The number of esters is 3. The summed E-state index contributed by atoms with van der Waals surface area (Å²) in [5, 5.41) is 92.2. The van der Waals surface area contributed by atoms with Crippen molar-refractivity contribution >= 4 is 24.0 Å². The van der Waals surface area contributed by atoms with Crippen molar-refractivity contribution in [2.75, 3.05) is 0 Å². The van der Waals surface area contributed by atoms with Crippen LogP contribution in [0.4, 0.5) is 0 Å². The molecule has 1 aromatic carbocycles. The Morgan fingerprint density at radius 3 is 1.77 bits per heavy atom. The number of hydrogen-bond donors (Lipinski definition) is 8. The number of aliphatic hydroxyl groups excluding tert-OH is 8. The lowest BCUT2D eigenvalue weighted by atomic mass is 9.95. The molecule has 24 heteroatoms. The lowest BCUT2D eigenvalue weighted by Crippen LogP contribution is -2.68. The van der Waals surface area contributed by atoms with E-state index in [0.717, 1.165) is 70.3 Å². The largest absolute Gasteiger partial charge is 0.456 e. The third kappa shape index (κ3) is 17.5. The van der Waals surface area contributed by atoms with Gasteiger partial charge in [0.2, 0.25) is 0 Å². The maximum atomic E-state index is 13.8. The first-order valence-corrected chi connectivity index (χ1v) is 29.9. The fourth-order valence-electron chi connectivity index (χ4n) is 11.3. The summed E-state index contributed by atoms with van der Waals surface area (Å²) >= 11 is 0. The number of hydrogen-bond acceptors (Lipinski definition) is 24. The lowest BCUT2D eigenvalue weighted by Gasteiger charge is -2.50. The van der Waals surface area contributed by atoms with E-state index in [1.54, 1.807) is 51.1 Å². The van der Waals surface area contributed by atoms with Crippen LogP contribution in [0.5, 0.6) is 0 Å². The van der Waals surface area contributed by atoms with Gasteiger partial charge in [-0.15, -0.1) is 0 Å². The minimum absolute atomic E-state index is 0.0262. The summed E-state index contributed by atoms with van der Waals surface area (Å²) in [5.74, 6) is -2.91. The Bertz CT molecular complexity index is 2170. The van der Waals surface area contributed by atoms with Gasteiger partial charge in [-0.25, -0.2) is 4.79 Å². The van der Waals surface area contributed by atoms with Crippen molar-refractivity contribution in [3.63, 3.8) is 0 Å². The second-order valence-electron chi connectivity index (χ2n) is 23.3. The molecule has 26 atom stereocenters. The Labute approximate surface area is 485 Å². The molecule has 1 aromatic rings. The Morgan fingerprint density at radius 1 is 0.542 bits per heavy atom. The van der Waals surface area contributed by atoms with Crippen LogP contribution in [-0.4, -0.2) is 218 Å². The zero-order chi connectivity index (χ0) is 60.2. The van der Waals surface area contributed by atoms with E-state index in [4.69, 9.17) is 61.6 Å². The quantitative estimate of drug-likeness (QED) is 0.0542. The van der Waals surface area contributed by atoms with E-state index in [2.05, 4.69) is 6.92 Å². The maximum Gasteiger partial charge on any atom is 0.331 e. The van der Waals surface area contributed by atoms with Gasteiger partial charge in [-0.2, -0.15) is 0 Å². The molecule has 6 fully saturated rings. The van der Waals surface area contributed by atoms with Crippen molar-refractivity contribution < 1.29 is 117 Å². The van der Waals surface area contributed by atoms with E-state index in [1.807, 2.05) is 0 Å². The van der Waals surface area contributed by atoms with Crippen LogP contribution >= 0.6 is 0 Å². The highest BCUT2D eigenvalue weighted by atomic mass is 16.8. The van der Waals surface area contributed by atoms with E-state index in [9.17, 15) is 55.2 Å². The Hall–Kier alpha value is -3.35. The van der Waals surface area contributed by atoms with Crippen molar-refractivity contribution in [3.05, 3.63) is 42.0 Å². The zero-order valence-electron chi connectivity index (χ0n) is 48.9. The molecular weight excluding hydrogens is 1090 g/mol. The fraction of sp³-hybridized carbons (Fsp3) is 0.814. The van der Waals surface area contributed by atoms with E-state index in [-0.39, 0.29) is 12.5 Å². The van der Waals surface area contributed by atoms with Gasteiger partial charge in [0.15, 0.2) is 49.8 Å². The Balaban J connectivity index is 1.17. The van der Waals surface area contributed by atoms with E-state index < -0.39 is 177 Å². The monoisotopic (exact) mass is 1180 g/mol. The average Bonchev–Trinajstić information content (AvgIpc) is 3.14. The third-order valence-electron chi connectivity index (χ3n) is 16.3. The number of unbranched alkanes of at least 4 members (excludes halogenated alkanes) is 2. The van der Waals surface area contributed by atoms with Gasteiger partial charge >= 0.3 is 17.9 Å². The van der Waals surface area contributed by atoms with Gasteiger partial charge < -0.3 is 102 Å². The van der Waals surface area contributed by atoms with Gasteiger partial charge in [0.1, 0.15) is 73.2 Å². The highest BCUT2D eigenvalue weighted by Crippen LogP contribution is 2.39. The summed E-state index contributed by atoms with van der Waals surface area (Å²) < 4.78 is 80.6. The molecule has 8 N–H and O–H groups in total. The molecule has 0 aromatic heterocycles. The van der Waals surface area contributed by atoms with Crippen LogP contribution in [0.2, 0.25) is 0 Å². The molecule has 0 aliphatic carbocycles. The Morgan fingerprint density at radius 2 is 1.10 bits per heavy atom. The molecule has 0 spiro atoms. The van der Waals surface area contributed by atoms with Crippen molar-refractivity contribution in [2.45, 2.75) is 298 Å². The topological polar surface area (TPSA) is 333 Å². The first-order valence-electron chi connectivity index (χ1n) is 29.9. The van der Waals surface area contributed by atoms with Gasteiger partial charge in [-0.3, -0.25) is 9.59 Å². The summed E-state index contributed by atoms with van der Waals surface area (Å²) in [7, 11) is 0. The van der Waals surface area contributed by atoms with Crippen LogP contribution in [0.3, 0.4) is 0 Å². The van der Waals surface area contributed by atoms with Gasteiger partial charge in [0.05, 0.1) is 42.5 Å². The molecule has 7 rings (SSSR count). The molecule has 6 saturated heterocycles. The van der Waals surface area contributed by atoms with Crippen LogP contribution in [0.25, 0.3) is 6.08 Å². The SMILES string of the molecule is CCCCC[C@H]1CCCCCCCCCC(=O)O[C@H]2[C@@H](O)[C@H](O[C@H]3[C@H](O1)O[C@H](C)[C@H](O)[C@@H]3O)O[C@@H](C)[C@@H]2O[C@@H]1O[C@@H](C)[C@H](O[C@@H]2O[C@@H](C)[C@H](OC(=O)C(C)C)[C@@H](OC(=O)/C=C/c3ccccc3)[C@H]2O)C(O[C@@H]2O[C@@H](C)[C@H](O)[C@@H](O)[C@H]2O)[C@H]1O. The molecule has 0 radical (unpaired) electrons. The van der Waals surface area contributed by atoms with Gasteiger partial charge in [-0.1, -0.05) is 109 Å². The van der Waals surface area contributed by atoms with E-state index >= 15 is 0 Å². The molecule has 6 heterocycles. The van der Waals surface area contributed by atoms with Crippen molar-refractivity contribution in [3.8, 4) is 0 Å². The second kappa shape index (κ2) is 31.5. The maximum absolute atomic E-state index is 13.8. The van der Waals surface area contributed by atoms with Crippen LogP contribution < -0.4 is 0 Å². The Kier molecular flexibility index (Phi) is 25.5. The molecule has 2 bridgehead atoms. The van der Waals surface area contributed by atoms with Crippen LogP contribution in [0.1, 0.15) is 144 Å². The van der Waals surface area contributed by atoms with Crippen LogP contribution in [0.15, 0.2) is 36.4 Å². The first kappa shape index (κ1) is 67.2. The normalized spacial score (nSPS) is 42.8. The summed E-state index contributed by atoms with van der Waals surface area (Å²) in [6.45, 7) is 12.8.